The highest BCUT2D eigenvalue weighted by Crippen LogP contribution is 2.37. The Morgan fingerprint density at radius 3 is 2.25 bits per heavy atom. The van der Waals surface area contributed by atoms with E-state index >= 15 is 0 Å². The van der Waals surface area contributed by atoms with E-state index in [0.29, 0.717) is 34.5 Å². The highest BCUT2D eigenvalue weighted by atomic mass is 35.5. The number of amides is 2. The van der Waals surface area contributed by atoms with Crippen molar-refractivity contribution >= 4 is 46.4 Å². The van der Waals surface area contributed by atoms with Crippen LogP contribution in [-0.4, -0.2) is 54.4 Å². The van der Waals surface area contributed by atoms with Gasteiger partial charge in [0.15, 0.2) is 0 Å². The van der Waals surface area contributed by atoms with Gasteiger partial charge in [-0.3, -0.25) is 19.5 Å². The molecule has 0 spiro atoms. The number of hydrogen-bond donors (Lipinski definition) is 0. The van der Waals surface area contributed by atoms with E-state index in [9.17, 15) is 22.8 Å². The van der Waals surface area contributed by atoms with Crippen LogP contribution in [-0.2, 0) is 15.8 Å². The van der Waals surface area contributed by atoms with Gasteiger partial charge in [-0.25, -0.2) is 4.90 Å². The molecule has 1 aromatic carbocycles. The first-order chi connectivity index (χ1) is 19.0. The summed E-state index contributed by atoms with van der Waals surface area (Å²) < 4.78 is 40.2. The first-order valence-electron chi connectivity index (χ1n) is 13.0. The van der Waals surface area contributed by atoms with Crippen LogP contribution < -0.4 is 9.80 Å². The van der Waals surface area contributed by atoms with Gasteiger partial charge in [0.2, 0.25) is 0 Å². The van der Waals surface area contributed by atoms with Crippen molar-refractivity contribution in [3.63, 3.8) is 0 Å². The average molecular weight is 594 g/mol. The summed E-state index contributed by atoms with van der Waals surface area (Å²) in [7, 11) is 0. The maximum absolute atomic E-state index is 13.4. The summed E-state index contributed by atoms with van der Waals surface area (Å²) in [5, 5.41) is 10.1. The van der Waals surface area contributed by atoms with Gasteiger partial charge in [0.1, 0.15) is 0 Å². The van der Waals surface area contributed by atoms with E-state index in [-0.39, 0.29) is 11.3 Å². The molecular weight excluding hydrogens is 566 g/mol. The molecule has 0 N–H and O–H groups in total. The standard InChI is InChI=1S/C28H28Cl2F3N5O2/c1-18-21(27(40)38(26(18)39)20-8-7-19(15-34)22(14-20)28(31,32)33)6-4-2-3-5-9-36-10-12-37(13-11-36)25-23(29)16-35-17-24(25)30/h7-8,14,16-17H,2-6,9-13H2,1H3. The van der Waals surface area contributed by atoms with Gasteiger partial charge in [-0.2, -0.15) is 18.4 Å². The van der Waals surface area contributed by atoms with Crippen molar-refractivity contribution in [3.05, 3.63) is 62.9 Å². The Kier molecular flexibility index (Phi) is 9.39. The molecule has 40 heavy (non-hydrogen) atoms. The maximum Gasteiger partial charge on any atom is 0.417 e. The monoisotopic (exact) mass is 593 g/mol. The van der Waals surface area contributed by atoms with E-state index in [1.165, 1.54) is 19.1 Å². The number of nitriles is 1. The minimum absolute atomic E-state index is 0.191. The van der Waals surface area contributed by atoms with E-state index < -0.39 is 29.1 Å². The van der Waals surface area contributed by atoms with E-state index in [1.54, 1.807) is 12.4 Å². The zero-order valence-corrected chi connectivity index (χ0v) is 23.4. The summed E-state index contributed by atoms with van der Waals surface area (Å²) in [5.74, 6) is -1.24. The van der Waals surface area contributed by atoms with Crippen LogP contribution in [0.5, 0.6) is 0 Å². The van der Waals surface area contributed by atoms with Gasteiger partial charge in [-0.05, 0) is 50.9 Å². The number of nitrogens with zero attached hydrogens (tertiary/aromatic N) is 5. The number of rotatable bonds is 9. The fourth-order valence-electron chi connectivity index (χ4n) is 5.11. The molecule has 0 saturated carbocycles. The molecule has 3 heterocycles. The molecule has 0 bridgehead atoms. The van der Waals surface area contributed by atoms with E-state index in [2.05, 4.69) is 14.8 Å². The summed E-state index contributed by atoms with van der Waals surface area (Å²) in [4.78, 5) is 35.1. The number of hydrogen-bond acceptors (Lipinski definition) is 6. The normalized spacial score (nSPS) is 16.7. The number of imide groups is 1. The molecule has 7 nitrogen and oxygen atoms in total. The summed E-state index contributed by atoms with van der Waals surface area (Å²) in [6, 6.07) is 4.36. The number of halogens is 5. The third kappa shape index (κ3) is 6.43. The zero-order chi connectivity index (χ0) is 29.0. The second-order valence-electron chi connectivity index (χ2n) is 9.83. The van der Waals surface area contributed by atoms with Crippen molar-refractivity contribution in [2.75, 3.05) is 42.5 Å². The third-order valence-corrected chi connectivity index (χ3v) is 7.85. The second kappa shape index (κ2) is 12.6. The predicted molar refractivity (Wildman–Crippen MR) is 147 cm³/mol. The molecule has 2 aliphatic rings. The van der Waals surface area contributed by atoms with E-state index in [0.717, 1.165) is 68.6 Å². The lowest BCUT2D eigenvalue weighted by atomic mass is 10.0. The van der Waals surface area contributed by atoms with Gasteiger partial charge < -0.3 is 4.90 Å². The fraction of sp³-hybridized carbons (Fsp3) is 0.429. The van der Waals surface area contributed by atoms with Crippen LogP contribution in [0.25, 0.3) is 0 Å². The van der Waals surface area contributed by atoms with Gasteiger partial charge in [0.05, 0.1) is 38.6 Å². The molecule has 1 aromatic heterocycles. The second-order valence-corrected chi connectivity index (χ2v) is 10.6. The smallest absolute Gasteiger partial charge is 0.366 e. The molecule has 212 valence electrons. The molecule has 0 aliphatic carbocycles. The summed E-state index contributed by atoms with van der Waals surface area (Å²) in [5.41, 5.74) is -0.539. The predicted octanol–water partition coefficient (Wildman–Crippen LogP) is 6.24. The number of unbranched alkanes of at least 4 members (excludes halogenated alkanes) is 3. The molecule has 2 aliphatic heterocycles. The quantitative estimate of drug-likeness (QED) is 0.253. The molecule has 0 atom stereocenters. The zero-order valence-electron chi connectivity index (χ0n) is 21.9. The number of carbonyl (C=O) groups is 2. The number of alkyl halides is 3. The van der Waals surface area contributed by atoms with Crippen molar-refractivity contribution in [1.82, 2.24) is 9.88 Å². The van der Waals surface area contributed by atoms with Crippen LogP contribution in [0.4, 0.5) is 24.5 Å². The number of anilines is 2. The minimum atomic E-state index is -4.78. The SMILES string of the molecule is CC1=C(CCCCCCN2CCN(c3c(Cl)cncc3Cl)CC2)C(=O)N(c2ccc(C#N)c(C(F)(F)F)c2)C1=O. The van der Waals surface area contributed by atoms with Crippen LogP contribution in [0.2, 0.25) is 10.0 Å². The van der Waals surface area contributed by atoms with Crippen LogP contribution in [0.3, 0.4) is 0 Å². The topological polar surface area (TPSA) is 80.5 Å². The van der Waals surface area contributed by atoms with Crippen molar-refractivity contribution in [1.29, 1.82) is 5.26 Å². The highest BCUT2D eigenvalue weighted by Gasteiger charge is 2.39. The van der Waals surface area contributed by atoms with Gasteiger partial charge >= 0.3 is 6.18 Å². The lowest BCUT2D eigenvalue weighted by molar-refractivity contribution is -0.138. The first-order valence-corrected chi connectivity index (χ1v) is 13.7. The fourth-order valence-corrected chi connectivity index (χ4v) is 5.71. The Bertz CT molecular complexity index is 1340. The summed E-state index contributed by atoms with van der Waals surface area (Å²) in [6.07, 6.45) is 2.26. The lowest BCUT2D eigenvalue weighted by Crippen LogP contribution is -2.46. The van der Waals surface area contributed by atoms with Crippen molar-refractivity contribution < 1.29 is 22.8 Å². The molecular formula is C28H28Cl2F3N5O2. The number of pyridine rings is 1. The largest absolute Gasteiger partial charge is 0.417 e. The maximum atomic E-state index is 13.4. The minimum Gasteiger partial charge on any atom is -0.366 e. The van der Waals surface area contributed by atoms with Gasteiger partial charge in [-0.1, -0.05) is 36.0 Å². The van der Waals surface area contributed by atoms with E-state index in [4.69, 9.17) is 28.5 Å². The summed E-state index contributed by atoms with van der Waals surface area (Å²) >= 11 is 12.6. The number of carbonyl (C=O) groups excluding carboxylic acids is 2. The molecule has 12 heteroatoms. The van der Waals surface area contributed by atoms with Crippen molar-refractivity contribution in [2.45, 2.75) is 45.2 Å². The van der Waals surface area contributed by atoms with E-state index in [1.807, 2.05) is 0 Å². The molecule has 2 amide bonds. The average Bonchev–Trinajstić information content (AvgIpc) is 3.13. The first kappa shape index (κ1) is 29.8. The number of aromatic nitrogens is 1. The van der Waals surface area contributed by atoms with Gasteiger partial charge in [-0.15, -0.1) is 0 Å². The highest BCUT2D eigenvalue weighted by molar-refractivity contribution is 6.39. The van der Waals surface area contributed by atoms with Gasteiger partial charge in [0, 0.05) is 49.7 Å². The van der Waals surface area contributed by atoms with Crippen molar-refractivity contribution in [3.8, 4) is 6.07 Å². The Hall–Kier alpha value is -3.13. The van der Waals surface area contributed by atoms with Crippen LogP contribution in [0, 0.1) is 11.3 Å². The van der Waals surface area contributed by atoms with Crippen LogP contribution in [0.1, 0.15) is 50.2 Å². The molecule has 1 fully saturated rings. The molecule has 4 rings (SSSR count). The van der Waals surface area contributed by atoms with Gasteiger partial charge in [0.25, 0.3) is 11.8 Å². The van der Waals surface area contributed by atoms with Crippen LogP contribution >= 0.6 is 23.2 Å². The van der Waals surface area contributed by atoms with Crippen molar-refractivity contribution in [2.24, 2.45) is 0 Å². The number of benzene rings is 1. The Labute approximate surface area is 240 Å². The summed E-state index contributed by atoms with van der Waals surface area (Å²) in [6.45, 7) is 5.87. The molecule has 0 radical (unpaired) electrons. The lowest BCUT2D eigenvalue weighted by Gasteiger charge is -2.36. The number of piperazine rings is 1. The molecule has 1 saturated heterocycles. The Balaban J connectivity index is 1.23. The molecule has 2 aromatic rings. The Morgan fingerprint density at radius 2 is 1.62 bits per heavy atom. The molecule has 0 unspecified atom stereocenters. The third-order valence-electron chi connectivity index (χ3n) is 7.29. The Morgan fingerprint density at radius 1 is 0.975 bits per heavy atom. The van der Waals surface area contributed by atoms with Crippen LogP contribution in [0.15, 0.2) is 41.7 Å².